The van der Waals surface area contributed by atoms with E-state index in [0.29, 0.717) is 24.6 Å². The predicted octanol–water partition coefficient (Wildman–Crippen LogP) is 1.16. The Morgan fingerprint density at radius 3 is 2.67 bits per heavy atom. The van der Waals surface area contributed by atoms with Gasteiger partial charge in [-0.2, -0.15) is 0 Å². The third-order valence-electron chi connectivity index (χ3n) is 5.15. The van der Waals surface area contributed by atoms with Gasteiger partial charge in [-0.1, -0.05) is 0 Å². The Balaban J connectivity index is 1.47. The average molecular weight is 330 g/mol. The van der Waals surface area contributed by atoms with Gasteiger partial charge in [0.25, 0.3) is 5.91 Å². The molecule has 0 unspecified atom stereocenters. The Morgan fingerprint density at radius 2 is 2.00 bits per heavy atom. The molecule has 6 heteroatoms. The molecule has 3 aliphatic rings. The first kappa shape index (κ1) is 15.4. The van der Waals surface area contributed by atoms with Crippen molar-refractivity contribution in [1.29, 1.82) is 0 Å². The highest BCUT2D eigenvalue weighted by atomic mass is 16.5. The van der Waals surface area contributed by atoms with Gasteiger partial charge < -0.3 is 19.3 Å². The standard InChI is InChI=1S/C18H22N2O4/c1-23-14-6-4-13(5-7-14)18(22)19-9-15-16(10-19)24-11-17(21)20(15)8-12-2-3-12/h4-7,12,15-16H,2-3,8-11H2,1H3/t15-,16+/m1/s1. The summed E-state index contributed by atoms with van der Waals surface area (Å²) in [5.41, 5.74) is 0.634. The van der Waals surface area contributed by atoms with Crippen molar-refractivity contribution in [3.05, 3.63) is 29.8 Å². The fourth-order valence-corrected chi connectivity index (χ4v) is 3.56. The highest BCUT2D eigenvalue weighted by molar-refractivity contribution is 5.94. The molecule has 2 aliphatic heterocycles. The highest BCUT2D eigenvalue weighted by Gasteiger charge is 2.45. The molecule has 2 atom stereocenters. The van der Waals surface area contributed by atoms with Crippen LogP contribution in [-0.4, -0.2) is 67.1 Å². The molecular weight excluding hydrogens is 308 g/mol. The summed E-state index contributed by atoms with van der Waals surface area (Å²) >= 11 is 0. The maximum atomic E-state index is 12.7. The van der Waals surface area contributed by atoms with Crippen LogP contribution in [0.4, 0.5) is 0 Å². The summed E-state index contributed by atoms with van der Waals surface area (Å²) in [6.07, 6.45) is 2.34. The van der Waals surface area contributed by atoms with Crippen molar-refractivity contribution in [1.82, 2.24) is 9.80 Å². The van der Waals surface area contributed by atoms with Crippen LogP contribution in [0.25, 0.3) is 0 Å². The van der Waals surface area contributed by atoms with Crippen molar-refractivity contribution >= 4 is 11.8 Å². The van der Waals surface area contributed by atoms with E-state index < -0.39 is 0 Å². The van der Waals surface area contributed by atoms with Crippen molar-refractivity contribution in [2.24, 2.45) is 5.92 Å². The van der Waals surface area contributed by atoms with Crippen LogP contribution in [0, 0.1) is 5.92 Å². The van der Waals surface area contributed by atoms with E-state index in [1.54, 1.807) is 36.3 Å². The van der Waals surface area contributed by atoms with E-state index in [0.717, 1.165) is 12.3 Å². The number of carbonyl (C=O) groups excluding carboxylic acids is 2. The fourth-order valence-electron chi connectivity index (χ4n) is 3.56. The third-order valence-corrected chi connectivity index (χ3v) is 5.15. The number of fused-ring (bicyclic) bond motifs is 1. The van der Waals surface area contributed by atoms with E-state index >= 15 is 0 Å². The minimum absolute atomic E-state index is 0.00551. The summed E-state index contributed by atoms with van der Waals surface area (Å²) in [7, 11) is 1.60. The Kier molecular flexibility index (Phi) is 3.92. The van der Waals surface area contributed by atoms with E-state index in [1.165, 1.54) is 12.8 Å². The molecule has 24 heavy (non-hydrogen) atoms. The Hall–Kier alpha value is -2.08. The lowest BCUT2D eigenvalue weighted by Gasteiger charge is -2.36. The minimum atomic E-state index is -0.0661. The number of carbonyl (C=O) groups is 2. The summed E-state index contributed by atoms with van der Waals surface area (Å²) in [4.78, 5) is 28.7. The topological polar surface area (TPSA) is 59.1 Å². The molecule has 0 bridgehead atoms. The molecule has 0 aromatic heterocycles. The van der Waals surface area contributed by atoms with E-state index in [4.69, 9.17) is 9.47 Å². The van der Waals surface area contributed by atoms with Gasteiger partial charge in [-0.05, 0) is 43.0 Å². The van der Waals surface area contributed by atoms with Crippen LogP contribution < -0.4 is 4.74 Å². The molecule has 2 amide bonds. The van der Waals surface area contributed by atoms with Crippen molar-refractivity contribution in [3.63, 3.8) is 0 Å². The first-order valence-electron chi connectivity index (χ1n) is 8.50. The molecule has 128 valence electrons. The quantitative estimate of drug-likeness (QED) is 0.831. The molecule has 2 heterocycles. The van der Waals surface area contributed by atoms with Gasteiger partial charge in [-0.25, -0.2) is 0 Å². The van der Waals surface area contributed by atoms with Gasteiger partial charge in [-0.3, -0.25) is 9.59 Å². The van der Waals surface area contributed by atoms with Crippen molar-refractivity contribution in [2.75, 3.05) is 33.4 Å². The minimum Gasteiger partial charge on any atom is -0.497 e. The first-order chi connectivity index (χ1) is 11.7. The molecule has 1 saturated carbocycles. The number of benzene rings is 1. The second-order valence-corrected chi connectivity index (χ2v) is 6.84. The number of ether oxygens (including phenoxy) is 2. The predicted molar refractivity (Wildman–Crippen MR) is 86.9 cm³/mol. The molecule has 3 fully saturated rings. The second kappa shape index (κ2) is 6.09. The molecule has 2 saturated heterocycles. The lowest BCUT2D eigenvalue weighted by atomic mass is 10.1. The molecule has 1 aliphatic carbocycles. The molecule has 0 radical (unpaired) electrons. The highest BCUT2D eigenvalue weighted by Crippen LogP contribution is 2.33. The van der Waals surface area contributed by atoms with Gasteiger partial charge in [0.2, 0.25) is 5.91 Å². The third kappa shape index (κ3) is 2.86. The Morgan fingerprint density at radius 1 is 1.25 bits per heavy atom. The normalized spacial score (nSPS) is 26.5. The van der Waals surface area contributed by atoms with Crippen LogP contribution in [0.3, 0.4) is 0 Å². The Bertz CT molecular complexity index is 641. The Labute approximate surface area is 141 Å². The van der Waals surface area contributed by atoms with E-state index in [2.05, 4.69) is 0 Å². The SMILES string of the molecule is COc1ccc(C(=O)N2C[C@@H]3OCC(=O)N(CC4CC4)[C@@H]3C2)cc1. The zero-order valence-electron chi connectivity index (χ0n) is 13.8. The zero-order chi connectivity index (χ0) is 16.7. The summed E-state index contributed by atoms with van der Waals surface area (Å²) in [6, 6.07) is 7.12. The lowest BCUT2D eigenvalue weighted by Crippen LogP contribution is -2.54. The number of nitrogens with zero attached hydrogens (tertiary/aromatic N) is 2. The van der Waals surface area contributed by atoms with Gasteiger partial charge >= 0.3 is 0 Å². The van der Waals surface area contributed by atoms with Crippen LogP contribution >= 0.6 is 0 Å². The molecule has 6 nitrogen and oxygen atoms in total. The monoisotopic (exact) mass is 330 g/mol. The van der Waals surface area contributed by atoms with E-state index in [1.807, 2.05) is 4.90 Å². The van der Waals surface area contributed by atoms with Crippen LogP contribution in [0.1, 0.15) is 23.2 Å². The van der Waals surface area contributed by atoms with Gasteiger partial charge in [0.05, 0.1) is 19.3 Å². The maximum absolute atomic E-state index is 12.7. The number of rotatable bonds is 4. The van der Waals surface area contributed by atoms with Gasteiger partial charge in [0, 0.05) is 25.2 Å². The smallest absolute Gasteiger partial charge is 0.254 e. The lowest BCUT2D eigenvalue weighted by molar-refractivity contribution is -0.153. The number of amides is 2. The van der Waals surface area contributed by atoms with Crippen molar-refractivity contribution in [3.8, 4) is 5.75 Å². The summed E-state index contributed by atoms with van der Waals surface area (Å²) in [6.45, 7) is 2.05. The van der Waals surface area contributed by atoms with Crippen LogP contribution in [0.2, 0.25) is 0 Å². The van der Waals surface area contributed by atoms with E-state index in [-0.39, 0.29) is 30.6 Å². The number of hydrogen-bond acceptors (Lipinski definition) is 4. The maximum Gasteiger partial charge on any atom is 0.254 e. The molecular formula is C18H22N2O4. The summed E-state index contributed by atoms with van der Waals surface area (Å²) in [5, 5.41) is 0. The van der Waals surface area contributed by atoms with Crippen LogP contribution in [-0.2, 0) is 9.53 Å². The zero-order valence-corrected chi connectivity index (χ0v) is 13.8. The van der Waals surface area contributed by atoms with Gasteiger partial charge in [-0.15, -0.1) is 0 Å². The average Bonchev–Trinajstić information content (AvgIpc) is 3.33. The van der Waals surface area contributed by atoms with Crippen molar-refractivity contribution in [2.45, 2.75) is 25.0 Å². The van der Waals surface area contributed by atoms with E-state index in [9.17, 15) is 9.59 Å². The van der Waals surface area contributed by atoms with Gasteiger partial charge in [0.15, 0.2) is 0 Å². The van der Waals surface area contributed by atoms with Crippen LogP contribution in [0.15, 0.2) is 24.3 Å². The molecule has 0 spiro atoms. The fraction of sp³-hybridized carbons (Fsp3) is 0.556. The van der Waals surface area contributed by atoms with Crippen molar-refractivity contribution < 1.29 is 19.1 Å². The molecule has 1 aromatic carbocycles. The molecule has 0 N–H and O–H groups in total. The summed E-state index contributed by atoms with van der Waals surface area (Å²) in [5.74, 6) is 1.40. The second-order valence-electron chi connectivity index (χ2n) is 6.84. The number of morpholine rings is 1. The number of hydrogen-bond donors (Lipinski definition) is 0. The number of methoxy groups -OCH3 is 1. The molecule has 1 aromatic rings. The number of likely N-dealkylation sites (tertiary alicyclic amines) is 1. The largest absolute Gasteiger partial charge is 0.497 e. The first-order valence-corrected chi connectivity index (χ1v) is 8.50. The van der Waals surface area contributed by atoms with Gasteiger partial charge in [0.1, 0.15) is 12.4 Å². The molecule has 4 rings (SSSR count). The summed E-state index contributed by atoms with van der Waals surface area (Å²) < 4.78 is 10.8. The van der Waals surface area contributed by atoms with Crippen LogP contribution in [0.5, 0.6) is 5.75 Å².